The Hall–Kier alpha value is -4.95. The molecule has 1 unspecified atom stereocenters. The van der Waals surface area contributed by atoms with Crippen LogP contribution in [0.5, 0.6) is 17.2 Å². The Labute approximate surface area is 247 Å². The highest BCUT2D eigenvalue weighted by Crippen LogP contribution is 2.45. The number of fused-ring (bicyclic) bond motifs is 1. The molecule has 1 aliphatic heterocycles. The monoisotopic (exact) mass is 576 g/mol. The number of Topliss-reactive ketones (excluding diaryl/α,β-unsaturated/α-hetero) is 1. The van der Waals surface area contributed by atoms with Crippen molar-refractivity contribution in [2.24, 2.45) is 0 Å². The number of aliphatic hydroxyl groups is 1. The number of amides is 1. The number of carbonyl (C=O) groups is 2. The van der Waals surface area contributed by atoms with E-state index in [2.05, 4.69) is 0 Å². The molecule has 0 aliphatic carbocycles. The molecule has 4 aromatic carbocycles. The molecule has 0 bridgehead atoms. The van der Waals surface area contributed by atoms with Crippen LogP contribution in [0.25, 0.3) is 16.0 Å². The van der Waals surface area contributed by atoms with Crippen LogP contribution in [0, 0.1) is 6.92 Å². The van der Waals surface area contributed by atoms with Gasteiger partial charge in [-0.25, -0.2) is 4.98 Å². The largest absolute Gasteiger partial charge is 0.507 e. The Morgan fingerprint density at radius 3 is 2.43 bits per heavy atom. The number of rotatable bonds is 8. The van der Waals surface area contributed by atoms with Gasteiger partial charge in [-0.1, -0.05) is 54.7 Å². The fourth-order valence-corrected chi connectivity index (χ4v) is 6.02. The molecule has 5 aromatic rings. The number of ketones is 1. The average molecular weight is 577 g/mol. The molecule has 0 spiro atoms. The van der Waals surface area contributed by atoms with Crippen molar-refractivity contribution < 1.29 is 24.2 Å². The second kappa shape index (κ2) is 11.5. The molecule has 42 heavy (non-hydrogen) atoms. The van der Waals surface area contributed by atoms with Gasteiger partial charge in [-0.2, -0.15) is 0 Å². The van der Waals surface area contributed by atoms with Crippen molar-refractivity contribution in [1.82, 2.24) is 4.98 Å². The molecule has 1 N–H and O–H groups in total. The smallest absolute Gasteiger partial charge is 0.301 e. The first-order valence-corrected chi connectivity index (χ1v) is 14.5. The molecule has 7 nitrogen and oxygen atoms in total. The highest BCUT2D eigenvalue weighted by Gasteiger charge is 2.48. The Morgan fingerprint density at radius 2 is 1.67 bits per heavy atom. The highest BCUT2D eigenvalue weighted by molar-refractivity contribution is 7.22. The first kappa shape index (κ1) is 27.2. The van der Waals surface area contributed by atoms with E-state index in [9.17, 15) is 14.7 Å². The van der Waals surface area contributed by atoms with Crippen molar-refractivity contribution in [2.75, 3.05) is 11.5 Å². The van der Waals surface area contributed by atoms with Crippen LogP contribution in [0.1, 0.15) is 36.1 Å². The van der Waals surface area contributed by atoms with Crippen LogP contribution >= 0.6 is 11.3 Å². The lowest BCUT2D eigenvalue weighted by Gasteiger charge is -2.23. The van der Waals surface area contributed by atoms with E-state index in [0.717, 1.165) is 22.2 Å². The number of nitrogens with zero attached hydrogens (tertiary/aromatic N) is 2. The molecule has 1 atom stereocenters. The zero-order valence-electron chi connectivity index (χ0n) is 23.1. The van der Waals surface area contributed by atoms with E-state index in [1.165, 1.54) is 16.2 Å². The molecular formula is C34H28N2O5S. The van der Waals surface area contributed by atoms with Crippen LogP contribution in [0.3, 0.4) is 0 Å². The first-order chi connectivity index (χ1) is 20.4. The minimum atomic E-state index is -0.929. The molecule has 2 heterocycles. The Bertz CT molecular complexity index is 1810. The van der Waals surface area contributed by atoms with Gasteiger partial charge in [0.15, 0.2) is 5.13 Å². The molecule has 0 radical (unpaired) electrons. The van der Waals surface area contributed by atoms with Crippen LogP contribution in [-0.4, -0.2) is 28.4 Å². The number of aryl methyl sites for hydroxylation is 1. The quantitative estimate of drug-likeness (QED) is 0.115. The zero-order chi connectivity index (χ0) is 29.2. The van der Waals surface area contributed by atoms with Gasteiger partial charge in [0, 0.05) is 5.56 Å². The third-order valence-corrected chi connectivity index (χ3v) is 7.95. The van der Waals surface area contributed by atoms with Gasteiger partial charge in [-0.3, -0.25) is 14.5 Å². The minimum absolute atomic E-state index is 0.0190. The van der Waals surface area contributed by atoms with Crippen molar-refractivity contribution in [2.45, 2.75) is 26.3 Å². The van der Waals surface area contributed by atoms with E-state index in [-0.39, 0.29) is 11.3 Å². The molecule has 1 saturated heterocycles. The maximum Gasteiger partial charge on any atom is 0.301 e. The minimum Gasteiger partial charge on any atom is -0.507 e. The molecule has 1 aromatic heterocycles. The third-order valence-electron chi connectivity index (χ3n) is 6.94. The summed E-state index contributed by atoms with van der Waals surface area (Å²) in [6, 6.07) is 28.3. The SMILES string of the molecule is CCCOc1ccc(/C(O)=C2\C(=O)C(=O)N(c3nc4ccc(C)cc4s3)C2c2cccc(Oc3ccccc3)c2)cc1. The lowest BCUT2D eigenvalue weighted by atomic mass is 9.95. The highest BCUT2D eigenvalue weighted by atomic mass is 32.1. The van der Waals surface area contributed by atoms with E-state index >= 15 is 0 Å². The molecule has 1 fully saturated rings. The number of para-hydroxylation sites is 1. The molecule has 0 saturated carbocycles. The van der Waals surface area contributed by atoms with Crippen LogP contribution in [-0.2, 0) is 9.59 Å². The number of benzene rings is 4. The number of aliphatic hydroxyl groups excluding tert-OH is 1. The van der Waals surface area contributed by atoms with Crippen molar-refractivity contribution in [3.8, 4) is 17.2 Å². The van der Waals surface area contributed by atoms with Gasteiger partial charge in [0.05, 0.1) is 28.4 Å². The van der Waals surface area contributed by atoms with E-state index < -0.39 is 17.7 Å². The number of hydrogen-bond donors (Lipinski definition) is 1. The fourth-order valence-electron chi connectivity index (χ4n) is 4.93. The van der Waals surface area contributed by atoms with Crippen LogP contribution in [0.2, 0.25) is 0 Å². The summed E-state index contributed by atoms with van der Waals surface area (Å²) in [6.45, 7) is 4.58. The standard InChI is InChI=1S/C34H28N2O5S/c1-3-18-40-24-15-13-22(14-16-24)31(37)29-30(23-8-7-11-26(20-23)41-25-9-5-4-6-10-25)36(33(39)32(29)38)34-35-27-17-12-21(2)19-28(27)42-34/h4-17,19-20,30,37H,3,18H2,1-2H3/b31-29+. The van der Waals surface area contributed by atoms with Gasteiger partial charge in [-0.05, 0) is 85.1 Å². The lowest BCUT2D eigenvalue weighted by molar-refractivity contribution is -0.132. The summed E-state index contributed by atoms with van der Waals surface area (Å²) in [7, 11) is 0. The average Bonchev–Trinajstić information content (AvgIpc) is 3.54. The Kier molecular flexibility index (Phi) is 7.46. The van der Waals surface area contributed by atoms with Gasteiger partial charge < -0.3 is 14.6 Å². The first-order valence-electron chi connectivity index (χ1n) is 13.7. The van der Waals surface area contributed by atoms with Crippen LogP contribution in [0.4, 0.5) is 5.13 Å². The predicted molar refractivity (Wildman–Crippen MR) is 164 cm³/mol. The molecule has 1 amide bonds. The van der Waals surface area contributed by atoms with Crippen molar-refractivity contribution in [1.29, 1.82) is 0 Å². The second-order valence-corrected chi connectivity index (χ2v) is 11.0. The summed E-state index contributed by atoms with van der Waals surface area (Å²) in [5.74, 6) is 0.0238. The topological polar surface area (TPSA) is 89.0 Å². The molecule has 8 heteroatoms. The van der Waals surface area contributed by atoms with Gasteiger partial charge >= 0.3 is 5.91 Å². The Balaban J connectivity index is 1.48. The summed E-state index contributed by atoms with van der Waals surface area (Å²) in [4.78, 5) is 33.4. The van der Waals surface area contributed by atoms with Crippen molar-refractivity contribution >= 4 is 44.1 Å². The van der Waals surface area contributed by atoms with E-state index in [1.54, 1.807) is 42.5 Å². The third kappa shape index (κ3) is 5.24. The summed E-state index contributed by atoms with van der Waals surface area (Å²) in [5.41, 5.74) is 2.77. The number of anilines is 1. The summed E-state index contributed by atoms with van der Waals surface area (Å²) < 4.78 is 12.6. The van der Waals surface area contributed by atoms with Gasteiger partial charge in [0.1, 0.15) is 23.0 Å². The summed E-state index contributed by atoms with van der Waals surface area (Å²) >= 11 is 1.33. The fraction of sp³-hybridized carbons (Fsp3) is 0.147. The predicted octanol–water partition coefficient (Wildman–Crippen LogP) is 7.81. The summed E-state index contributed by atoms with van der Waals surface area (Å²) in [6.07, 6.45) is 0.865. The number of ether oxygens (including phenoxy) is 2. The number of aromatic nitrogens is 1. The van der Waals surface area contributed by atoms with Gasteiger partial charge in [-0.15, -0.1) is 0 Å². The molecule has 1 aliphatic rings. The Morgan fingerprint density at radius 1 is 0.905 bits per heavy atom. The number of thiazole rings is 1. The number of hydrogen-bond acceptors (Lipinski definition) is 7. The molecule has 6 rings (SSSR count). The molecular weight excluding hydrogens is 548 g/mol. The zero-order valence-corrected chi connectivity index (χ0v) is 23.9. The van der Waals surface area contributed by atoms with Gasteiger partial charge in [0.2, 0.25) is 0 Å². The van der Waals surface area contributed by atoms with Crippen LogP contribution in [0.15, 0.2) is 103 Å². The van der Waals surface area contributed by atoms with E-state index in [1.807, 2.05) is 68.4 Å². The number of carbonyl (C=O) groups excluding carboxylic acids is 2. The van der Waals surface area contributed by atoms with E-state index in [0.29, 0.717) is 40.1 Å². The molecule has 210 valence electrons. The van der Waals surface area contributed by atoms with Crippen LogP contribution < -0.4 is 14.4 Å². The maximum absolute atomic E-state index is 13.7. The van der Waals surface area contributed by atoms with Crippen molar-refractivity contribution in [3.05, 3.63) is 119 Å². The van der Waals surface area contributed by atoms with Crippen molar-refractivity contribution in [3.63, 3.8) is 0 Å². The normalized spacial score (nSPS) is 16.2. The summed E-state index contributed by atoms with van der Waals surface area (Å²) in [5, 5.41) is 11.9. The lowest BCUT2D eigenvalue weighted by Crippen LogP contribution is -2.29. The van der Waals surface area contributed by atoms with Gasteiger partial charge in [0.25, 0.3) is 5.78 Å². The van der Waals surface area contributed by atoms with E-state index in [4.69, 9.17) is 14.5 Å². The maximum atomic E-state index is 13.7. The second-order valence-electron chi connectivity index (χ2n) is 10.00.